The van der Waals surface area contributed by atoms with E-state index in [0.29, 0.717) is 24.2 Å². The molecule has 1 aliphatic heterocycles. The van der Waals surface area contributed by atoms with Crippen molar-refractivity contribution in [1.82, 2.24) is 10.6 Å². The number of carbonyl (C=O) groups is 1. The molecule has 0 aromatic heterocycles. The standard InChI is InChI=1S/C15H30N2O2/c1-12(11-18)5-3-8-17-15(19)9-13(2)14-6-4-7-16-10-14/h12-14,16,18H,3-11H2,1-2H3,(H,17,19). The molecule has 1 heterocycles. The molecule has 0 radical (unpaired) electrons. The van der Waals surface area contributed by atoms with Gasteiger partial charge in [0.15, 0.2) is 0 Å². The van der Waals surface area contributed by atoms with Crippen LogP contribution in [0.3, 0.4) is 0 Å². The van der Waals surface area contributed by atoms with Crippen molar-refractivity contribution in [2.75, 3.05) is 26.2 Å². The lowest BCUT2D eigenvalue weighted by atomic mass is 9.85. The number of carbonyl (C=O) groups excluding carboxylic acids is 1. The number of aliphatic hydroxyl groups is 1. The Kier molecular flexibility index (Phi) is 8.07. The van der Waals surface area contributed by atoms with Gasteiger partial charge in [-0.2, -0.15) is 0 Å². The summed E-state index contributed by atoms with van der Waals surface area (Å²) in [5.41, 5.74) is 0. The van der Waals surface area contributed by atoms with E-state index in [0.717, 1.165) is 32.5 Å². The monoisotopic (exact) mass is 270 g/mol. The fraction of sp³-hybridized carbons (Fsp3) is 0.933. The Hall–Kier alpha value is -0.610. The normalized spacial score (nSPS) is 22.8. The van der Waals surface area contributed by atoms with Gasteiger partial charge >= 0.3 is 0 Å². The van der Waals surface area contributed by atoms with Crippen molar-refractivity contribution < 1.29 is 9.90 Å². The van der Waals surface area contributed by atoms with E-state index in [4.69, 9.17) is 5.11 Å². The molecule has 4 nitrogen and oxygen atoms in total. The van der Waals surface area contributed by atoms with Gasteiger partial charge in [0.2, 0.25) is 5.91 Å². The summed E-state index contributed by atoms with van der Waals surface area (Å²) in [6.45, 7) is 7.37. The van der Waals surface area contributed by atoms with Crippen LogP contribution in [0.15, 0.2) is 0 Å². The van der Waals surface area contributed by atoms with Gasteiger partial charge in [0.25, 0.3) is 0 Å². The van der Waals surface area contributed by atoms with E-state index in [2.05, 4.69) is 17.6 Å². The Bertz CT molecular complexity index is 253. The largest absolute Gasteiger partial charge is 0.396 e. The number of aliphatic hydroxyl groups excluding tert-OH is 1. The minimum Gasteiger partial charge on any atom is -0.396 e. The third kappa shape index (κ3) is 6.92. The van der Waals surface area contributed by atoms with Crippen LogP contribution in [0.2, 0.25) is 0 Å². The summed E-state index contributed by atoms with van der Waals surface area (Å²) in [7, 11) is 0. The molecule has 4 heteroatoms. The van der Waals surface area contributed by atoms with Gasteiger partial charge < -0.3 is 15.7 Å². The van der Waals surface area contributed by atoms with Crippen LogP contribution in [0.5, 0.6) is 0 Å². The van der Waals surface area contributed by atoms with E-state index in [1.165, 1.54) is 12.8 Å². The first-order chi connectivity index (χ1) is 9.13. The highest BCUT2D eigenvalue weighted by Gasteiger charge is 2.21. The number of amides is 1. The predicted octanol–water partition coefficient (Wildman–Crippen LogP) is 1.54. The molecule has 1 rings (SSSR count). The van der Waals surface area contributed by atoms with E-state index in [1.54, 1.807) is 0 Å². The number of piperidine rings is 1. The number of rotatable bonds is 8. The Morgan fingerprint density at radius 2 is 2.26 bits per heavy atom. The molecule has 1 amide bonds. The van der Waals surface area contributed by atoms with Crippen molar-refractivity contribution in [3.63, 3.8) is 0 Å². The van der Waals surface area contributed by atoms with Crippen molar-refractivity contribution in [2.24, 2.45) is 17.8 Å². The Balaban J connectivity index is 2.09. The zero-order chi connectivity index (χ0) is 14.1. The average Bonchev–Trinajstić information content (AvgIpc) is 2.44. The maximum atomic E-state index is 11.8. The van der Waals surface area contributed by atoms with Crippen LogP contribution < -0.4 is 10.6 Å². The van der Waals surface area contributed by atoms with Gasteiger partial charge in [-0.05, 0) is 56.5 Å². The maximum absolute atomic E-state index is 11.8. The van der Waals surface area contributed by atoms with E-state index < -0.39 is 0 Å². The summed E-state index contributed by atoms with van der Waals surface area (Å²) in [5, 5.41) is 15.3. The summed E-state index contributed by atoms with van der Waals surface area (Å²) in [6, 6.07) is 0. The highest BCUT2D eigenvalue weighted by molar-refractivity contribution is 5.76. The minimum absolute atomic E-state index is 0.176. The lowest BCUT2D eigenvalue weighted by molar-refractivity contribution is -0.122. The SMILES string of the molecule is CC(CO)CCCNC(=O)CC(C)C1CCCNC1. The molecule has 0 aromatic carbocycles. The molecule has 1 aliphatic rings. The molecule has 3 unspecified atom stereocenters. The van der Waals surface area contributed by atoms with Crippen LogP contribution in [-0.2, 0) is 4.79 Å². The van der Waals surface area contributed by atoms with Crippen LogP contribution in [-0.4, -0.2) is 37.3 Å². The van der Waals surface area contributed by atoms with Gasteiger partial charge in [-0.25, -0.2) is 0 Å². The first-order valence-electron chi connectivity index (χ1n) is 7.71. The lowest BCUT2D eigenvalue weighted by Crippen LogP contribution is -2.35. The van der Waals surface area contributed by atoms with Crippen molar-refractivity contribution in [1.29, 1.82) is 0 Å². The van der Waals surface area contributed by atoms with E-state index >= 15 is 0 Å². The number of nitrogens with one attached hydrogen (secondary N) is 2. The molecule has 1 fully saturated rings. The Labute approximate surface area is 117 Å². The van der Waals surface area contributed by atoms with Crippen molar-refractivity contribution in [3.8, 4) is 0 Å². The third-order valence-corrected chi connectivity index (χ3v) is 4.15. The summed E-state index contributed by atoms with van der Waals surface area (Å²) in [4.78, 5) is 11.8. The summed E-state index contributed by atoms with van der Waals surface area (Å²) >= 11 is 0. The van der Waals surface area contributed by atoms with Gasteiger partial charge in [0.05, 0.1) is 0 Å². The summed E-state index contributed by atoms with van der Waals surface area (Å²) in [5.74, 6) is 1.62. The molecule has 112 valence electrons. The van der Waals surface area contributed by atoms with Gasteiger partial charge in [-0.15, -0.1) is 0 Å². The molecule has 0 aliphatic carbocycles. The molecule has 1 saturated heterocycles. The molecular formula is C15H30N2O2. The minimum atomic E-state index is 0.176. The first-order valence-corrected chi connectivity index (χ1v) is 7.71. The molecule has 0 bridgehead atoms. The van der Waals surface area contributed by atoms with Crippen LogP contribution in [0.4, 0.5) is 0 Å². The second kappa shape index (κ2) is 9.32. The second-order valence-corrected chi connectivity index (χ2v) is 6.07. The van der Waals surface area contributed by atoms with Gasteiger partial charge in [-0.1, -0.05) is 13.8 Å². The van der Waals surface area contributed by atoms with E-state index in [9.17, 15) is 4.79 Å². The molecule has 3 atom stereocenters. The quantitative estimate of drug-likeness (QED) is 0.586. The Morgan fingerprint density at radius 1 is 1.47 bits per heavy atom. The average molecular weight is 270 g/mol. The third-order valence-electron chi connectivity index (χ3n) is 4.15. The smallest absolute Gasteiger partial charge is 0.220 e. The predicted molar refractivity (Wildman–Crippen MR) is 77.9 cm³/mol. The van der Waals surface area contributed by atoms with Crippen LogP contribution in [0.1, 0.15) is 46.0 Å². The number of hydrogen-bond acceptors (Lipinski definition) is 3. The topological polar surface area (TPSA) is 61.4 Å². The zero-order valence-electron chi connectivity index (χ0n) is 12.5. The van der Waals surface area contributed by atoms with Crippen molar-refractivity contribution in [2.45, 2.75) is 46.0 Å². The second-order valence-electron chi connectivity index (χ2n) is 6.07. The van der Waals surface area contributed by atoms with Crippen LogP contribution in [0, 0.1) is 17.8 Å². The van der Waals surface area contributed by atoms with E-state index in [-0.39, 0.29) is 12.5 Å². The van der Waals surface area contributed by atoms with Gasteiger partial charge in [0, 0.05) is 19.6 Å². The van der Waals surface area contributed by atoms with Crippen molar-refractivity contribution in [3.05, 3.63) is 0 Å². The summed E-state index contributed by atoms with van der Waals surface area (Å²) < 4.78 is 0. The maximum Gasteiger partial charge on any atom is 0.220 e. The van der Waals surface area contributed by atoms with Gasteiger partial charge in [-0.3, -0.25) is 4.79 Å². The van der Waals surface area contributed by atoms with Crippen LogP contribution in [0.25, 0.3) is 0 Å². The van der Waals surface area contributed by atoms with E-state index in [1.807, 2.05) is 6.92 Å². The zero-order valence-corrected chi connectivity index (χ0v) is 12.5. The van der Waals surface area contributed by atoms with Crippen molar-refractivity contribution >= 4 is 5.91 Å². The van der Waals surface area contributed by atoms with Gasteiger partial charge in [0.1, 0.15) is 0 Å². The Morgan fingerprint density at radius 3 is 2.89 bits per heavy atom. The molecule has 0 spiro atoms. The first kappa shape index (κ1) is 16.4. The lowest BCUT2D eigenvalue weighted by Gasteiger charge is -2.28. The fourth-order valence-electron chi connectivity index (χ4n) is 2.67. The molecule has 19 heavy (non-hydrogen) atoms. The molecule has 3 N–H and O–H groups in total. The highest BCUT2D eigenvalue weighted by Crippen LogP contribution is 2.22. The molecule has 0 saturated carbocycles. The molecular weight excluding hydrogens is 240 g/mol. The molecule has 0 aromatic rings. The van der Waals surface area contributed by atoms with Crippen LogP contribution >= 0.6 is 0 Å². The fourth-order valence-corrected chi connectivity index (χ4v) is 2.67. The summed E-state index contributed by atoms with van der Waals surface area (Å²) in [6.07, 6.45) is 5.04. The number of hydrogen-bond donors (Lipinski definition) is 3. The highest BCUT2D eigenvalue weighted by atomic mass is 16.3.